The zero-order valence-corrected chi connectivity index (χ0v) is 15.1. The highest BCUT2D eigenvalue weighted by atomic mass is 32.1. The van der Waals surface area contributed by atoms with E-state index in [0.29, 0.717) is 13.1 Å². The van der Waals surface area contributed by atoms with Crippen molar-refractivity contribution in [1.82, 2.24) is 24.2 Å². The van der Waals surface area contributed by atoms with E-state index in [2.05, 4.69) is 24.6 Å². The minimum Gasteiger partial charge on any atom is -0.382 e. The molecule has 3 N–H and O–H groups in total. The molecule has 0 aliphatic carbocycles. The van der Waals surface area contributed by atoms with Gasteiger partial charge in [0, 0.05) is 49.5 Å². The number of likely N-dealkylation sites (tertiary alicyclic amines) is 1. The van der Waals surface area contributed by atoms with Crippen LogP contribution in [0.25, 0.3) is 0 Å². The summed E-state index contributed by atoms with van der Waals surface area (Å²) in [6.07, 6.45) is 8.00. The standard InChI is InChI=1S/C16H23N7OS/c1-2-12-21-16(25-22-12)20-11-6-4-3-5-9-23(10-11)15(24)13-14(17)19-8-7-18-13/h7-8,11H,2-6,9-10H2,1H3,(H2,17,19)(H,20,21,22). The van der Waals surface area contributed by atoms with Gasteiger partial charge in [-0.05, 0) is 12.8 Å². The molecule has 1 aliphatic heterocycles. The molecule has 1 unspecified atom stereocenters. The van der Waals surface area contributed by atoms with Gasteiger partial charge in [0.15, 0.2) is 11.5 Å². The number of amides is 1. The molecular weight excluding hydrogens is 338 g/mol. The van der Waals surface area contributed by atoms with E-state index in [9.17, 15) is 4.79 Å². The van der Waals surface area contributed by atoms with Crippen LogP contribution in [0, 0.1) is 0 Å². The van der Waals surface area contributed by atoms with E-state index in [1.807, 2.05) is 11.8 Å². The van der Waals surface area contributed by atoms with Crippen molar-refractivity contribution in [2.75, 3.05) is 24.1 Å². The molecule has 1 saturated heterocycles. The van der Waals surface area contributed by atoms with Crippen molar-refractivity contribution in [2.24, 2.45) is 0 Å². The van der Waals surface area contributed by atoms with Gasteiger partial charge in [-0.25, -0.2) is 15.0 Å². The summed E-state index contributed by atoms with van der Waals surface area (Å²) in [5.74, 6) is 0.861. The zero-order chi connectivity index (χ0) is 17.6. The fourth-order valence-electron chi connectivity index (χ4n) is 2.92. The second-order valence-corrected chi connectivity index (χ2v) is 6.85. The van der Waals surface area contributed by atoms with Gasteiger partial charge in [0.25, 0.3) is 5.91 Å². The van der Waals surface area contributed by atoms with Crippen LogP contribution in [0.5, 0.6) is 0 Å². The average molecular weight is 361 g/mol. The third-order valence-corrected chi connectivity index (χ3v) is 4.93. The normalized spacial score (nSPS) is 18.4. The summed E-state index contributed by atoms with van der Waals surface area (Å²) in [5.41, 5.74) is 6.05. The predicted molar refractivity (Wildman–Crippen MR) is 97.5 cm³/mol. The fourth-order valence-corrected chi connectivity index (χ4v) is 3.64. The second kappa shape index (κ2) is 8.19. The minimum absolute atomic E-state index is 0.139. The number of nitrogens with one attached hydrogen (secondary N) is 1. The van der Waals surface area contributed by atoms with E-state index in [1.54, 1.807) is 0 Å². The summed E-state index contributed by atoms with van der Waals surface area (Å²) in [6, 6.07) is 0.139. The molecule has 3 heterocycles. The number of nitrogens with zero attached hydrogens (tertiary/aromatic N) is 5. The summed E-state index contributed by atoms with van der Waals surface area (Å²) < 4.78 is 4.31. The Labute approximate surface area is 151 Å². The number of nitrogen functional groups attached to an aromatic ring is 1. The molecule has 134 valence electrons. The van der Waals surface area contributed by atoms with Crippen molar-refractivity contribution in [3.63, 3.8) is 0 Å². The number of anilines is 2. The molecule has 1 aliphatic rings. The Morgan fingerprint density at radius 1 is 1.36 bits per heavy atom. The first-order valence-corrected chi connectivity index (χ1v) is 9.39. The Hall–Kier alpha value is -2.29. The van der Waals surface area contributed by atoms with Crippen molar-refractivity contribution in [3.8, 4) is 0 Å². The van der Waals surface area contributed by atoms with E-state index in [-0.39, 0.29) is 23.5 Å². The SMILES string of the molecule is CCc1nsc(NC2CCCCCN(C(=O)c3nccnc3N)C2)n1. The van der Waals surface area contributed by atoms with Crippen LogP contribution in [0.2, 0.25) is 0 Å². The molecule has 1 atom stereocenters. The highest BCUT2D eigenvalue weighted by Gasteiger charge is 2.25. The second-order valence-electron chi connectivity index (χ2n) is 6.10. The van der Waals surface area contributed by atoms with Crippen LogP contribution in [0.4, 0.5) is 10.9 Å². The van der Waals surface area contributed by atoms with Gasteiger partial charge in [0.1, 0.15) is 5.82 Å². The van der Waals surface area contributed by atoms with Gasteiger partial charge in [-0.1, -0.05) is 19.8 Å². The molecule has 0 saturated carbocycles. The van der Waals surface area contributed by atoms with Crippen molar-refractivity contribution < 1.29 is 4.79 Å². The van der Waals surface area contributed by atoms with Gasteiger partial charge in [-0.3, -0.25) is 4.79 Å². The molecule has 1 fully saturated rings. The molecule has 2 aromatic heterocycles. The third-order valence-electron chi connectivity index (χ3n) is 4.25. The first-order valence-electron chi connectivity index (χ1n) is 8.62. The van der Waals surface area contributed by atoms with Crippen LogP contribution in [-0.4, -0.2) is 49.3 Å². The monoisotopic (exact) mass is 361 g/mol. The number of rotatable bonds is 4. The van der Waals surface area contributed by atoms with Crippen molar-refractivity contribution in [3.05, 3.63) is 23.9 Å². The van der Waals surface area contributed by atoms with Crippen LogP contribution < -0.4 is 11.1 Å². The van der Waals surface area contributed by atoms with E-state index < -0.39 is 0 Å². The molecule has 0 bridgehead atoms. The summed E-state index contributed by atoms with van der Waals surface area (Å²) in [6.45, 7) is 3.33. The molecular formula is C16H23N7OS. The average Bonchev–Trinajstić information content (AvgIpc) is 3.04. The molecule has 9 heteroatoms. The Balaban J connectivity index is 1.72. The summed E-state index contributed by atoms with van der Waals surface area (Å²) >= 11 is 1.37. The number of nitrogens with two attached hydrogens (primary N) is 1. The van der Waals surface area contributed by atoms with Gasteiger partial charge >= 0.3 is 0 Å². The van der Waals surface area contributed by atoms with Crippen LogP contribution in [-0.2, 0) is 6.42 Å². The molecule has 8 nitrogen and oxygen atoms in total. The van der Waals surface area contributed by atoms with Crippen molar-refractivity contribution in [1.29, 1.82) is 0 Å². The Kier molecular flexibility index (Phi) is 5.75. The summed E-state index contributed by atoms with van der Waals surface area (Å²) in [7, 11) is 0. The summed E-state index contributed by atoms with van der Waals surface area (Å²) in [5, 5.41) is 4.25. The van der Waals surface area contributed by atoms with Crippen molar-refractivity contribution in [2.45, 2.75) is 45.1 Å². The number of hydrogen-bond acceptors (Lipinski definition) is 8. The van der Waals surface area contributed by atoms with Crippen LogP contribution in [0.15, 0.2) is 12.4 Å². The molecule has 2 aromatic rings. The lowest BCUT2D eigenvalue weighted by atomic mass is 10.0. The van der Waals surface area contributed by atoms with Gasteiger partial charge in [-0.2, -0.15) is 4.37 Å². The van der Waals surface area contributed by atoms with Gasteiger partial charge < -0.3 is 16.0 Å². The summed E-state index contributed by atoms with van der Waals surface area (Å²) in [4.78, 5) is 27.2. The molecule has 3 rings (SSSR count). The highest BCUT2D eigenvalue weighted by molar-refractivity contribution is 7.09. The van der Waals surface area contributed by atoms with Gasteiger partial charge in [0.05, 0.1) is 0 Å². The maximum atomic E-state index is 12.8. The maximum absolute atomic E-state index is 12.8. The smallest absolute Gasteiger partial charge is 0.276 e. The minimum atomic E-state index is -0.161. The topological polar surface area (TPSA) is 110 Å². The predicted octanol–water partition coefficient (Wildman–Crippen LogP) is 1.97. The largest absolute Gasteiger partial charge is 0.382 e. The van der Waals surface area contributed by atoms with Crippen LogP contribution in [0.3, 0.4) is 0 Å². The number of carbonyl (C=O) groups excluding carboxylic acids is 1. The van der Waals surface area contributed by atoms with Gasteiger partial charge in [-0.15, -0.1) is 0 Å². The molecule has 1 amide bonds. The van der Waals surface area contributed by atoms with Crippen LogP contribution >= 0.6 is 11.5 Å². The van der Waals surface area contributed by atoms with E-state index in [4.69, 9.17) is 5.73 Å². The number of carbonyl (C=O) groups is 1. The fraction of sp³-hybridized carbons (Fsp3) is 0.562. The quantitative estimate of drug-likeness (QED) is 0.856. The Morgan fingerprint density at radius 3 is 2.96 bits per heavy atom. The third kappa shape index (κ3) is 4.41. The number of aryl methyl sites for hydroxylation is 1. The lowest BCUT2D eigenvalue weighted by Crippen LogP contribution is -2.42. The maximum Gasteiger partial charge on any atom is 0.276 e. The lowest BCUT2D eigenvalue weighted by molar-refractivity contribution is 0.0730. The lowest BCUT2D eigenvalue weighted by Gasteiger charge is -2.30. The first kappa shape index (κ1) is 17.5. The molecule has 0 spiro atoms. The van der Waals surface area contributed by atoms with Crippen molar-refractivity contribution >= 4 is 28.4 Å². The molecule has 25 heavy (non-hydrogen) atoms. The molecule has 0 aromatic carbocycles. The first-order chi connectivity index (χ1) is 12.2. The van der Waals surface area contributed by atoms with E-state index in [1.165, 1.54) is 23.9 Å². The van der Waals surface area contributed by atoms with Gasteiger partial charge in [0.2, 0.25) is 5.13 Å². The Morgan fingerprint density at radius 2 is 2.20 bits per heavy atom. The Bertz CT molecular complexity index is 720. The van der Waals surface area contributed by atoms with E-state index >= 15 is 0 Å². The number of hydrogen-bond donors (Lipinski definition) is 2. The number of aromatic nitrogens is 4. The van der Waals surface area contributed by atoms with E-state index in [0.717, 1.165) is 43.1 Å². The highest BCUT2D eigenvalue weighted by Crippen LogP contribution is 2.19. The molecule has 0 radical (unpaired) electrons. The zero-order valence-electron chi connectivity index (χ0n) is 14.3. The van der Waals surface area contributed by atoms with Crippen LogP contribution in [0.1, 0.15) is 48.9 Å².